The molecule has 0 atom stereocenters. The van der Waals surface area contributed by atoms with Crippen LogP contribution in [0.4, 0.5) is 0 Å². The van der Waals surface area contributed by atoms with Gasteiger partial charge in [-0.1, -0.05) is 18.2 Å². The van der Waals surface area contributed by atoms with Crippen molar-refractivity contribution >= 4 is 31.9 Å². The number of nitrogens with zero attached hydrogens (tertiary/aromatic N) is 1. The van der Waals surface area contributed by atoms with Crippen LogP contribution in [0.2, 0.25) is 0 Å². The second kappa shape index (κ2) is 9.71. The first kappa shape index (κ1) is 21.8. The summed E-state index contributed by atoms with van der Waals surface area (Å²) in [7, 11) is -3.59. The third kappa shape index (κ3) is 5.79. The quantitative estimate of drug-likeness (QED) is 0.563. The van der Waals surface area contributed by atoms with Crippen LogP contribution < -0.4 is 4.74 Å². The fraction of sp³-hybridized carbons (Fsp3) is 0.350. The summed E-state index contributed by atoms with van der Waals surface area (Å²) >= 11 is 3.39. The van der Waals surface area contributed by atoms with Crippen molar-refractivity contribution in [2.75, 3.05) is 32.9 Å². The lowest BCUT2D eigenvalue weighted by Crippen LogP contribution is -2.40. The Morgan fingerprint density at radius 2 is 1.93 bits per heavy atom. The summed E-state index contributed by atoms with van der Waals surface area (Å²) in [5, 5.41) is 0. The van der Waals surface area contributed by atoms with Gasteiger partial charge in [0.15, 0.2) is 6.61 Å². The second-order valence-electron chi connectivity index (χ2n) is 6.55. The molecule has 3 rings (SSSR count). The lowest BCUT2D eigenvalue weighted by atomic mass is 10.2. The van der Waals surface area contributed by atoms with E-state index in [0.717, 1.165) is 10.0 Å². The number of sulfonamides is 1. The van der Waals surface area contributed by atoms with Gasteiger partial charge in [-0.3, -0.25) is 0 Å². The van der Waals surface area contributed by atoms with Crippen molar-refractivity contribution in [2.45, 2.75) is 18.4 Å². The topological polar surface area (TPSA) is 82.1 Å². The number of esters is 1. The molecule has 1 heterocycles. The Bertz CT molecular complexity index is 973. The number of carbonyl (C=O) groups excluding carboxylic acids is 1. The van der Waals surface area contributed by atoms with Crippen molar-refractivity contribution in [3.05, 3.63) is 58.1 Å². The largest absolute Gasteiger partial charge is 0.481 e. The van der Waals surface area contributed by atoms with E-state index in [4.69, 9.17) is 14.2 Å². The molecule has 0 radical (unpaired) electrons. The van der Waals surface area contributed by atoms with Gasteiger partial charge in [0.25, 0.3) is 0 Å². The van der Waals surface area contributed by atoms with Gasteiger partial charge in [-0.2, -0.15) is 4.31 Å². The smallest absolute Gasteiger partial charge is 0.344 e. The lowest BCUT2D eigenvalue weighted by molar-refractivity contribution is -0.147. The minimum Gasteiger partial charge on any atom is -0.481 e. The molecule has 1 fully saturated rings. The molecule has 1 aliphatic rings. The van der Waals surface area contributed by atoms with Crippen molar-refractivity contribution < 1.29 is 27.4 Å². The molecule has 7 nitrogen and oxygen atoms in total. The monoisotopic (exact) mass is 483 g/mol. The van der Waals surface area contributed by atoms with Gasteiger partial charge in [-0.15, -0.1) is 0 Å². The van der Waals surface area contributed by atoms with E-state index in [2.05, 4.69) is 15.9 Å². The number of carbonyl (C=O) groups is 1. The summed E-state index contributed by atoms with van der Waals surface area (Å²) in [6.07, 6.45) is 0. The highest BCUT2D eigenvalue weighted by Gasteiger charge is 2.26. The average Bonchev–Trinajstić information content (AvgIpc) is 2.72. The molecular formula is C20H22BrNO6S. The van der Waals surface area contributed by atoms with Crippen molar-refractivity contribution in [3.8, 4) is 5.75 Å². The molecule has 2 aromatic carbocycles. The van der Waals surface area contributed by atoms with E-state index in [9.17, 15) is 13.2 Å². The third-order valence-electron chi connectivity index (χ3n) is 4.34. The lowest BCUT2D eigenvalue weighted by Gasteiger charge is -2.26. The summed E-state index contributed by atoms with van der Waals surface area (Å²) in [6.45, 7) is 3.09. The minimum absolute atomic E-state index is 0.0380. The van der Waals surface area contributed by atoms with Gasteiger partial charge in [0.1, 0.15) is 12.4 Å². The summed E-state index contributed by atoms with van der Waals surface area (Å²) in [4.78, 5) is 12.2. The molecule has 0 N–H and O–H groups in total. The maximum Gasteiger partial charge on any atom is 0.344 e. The molecule has 0 amide bonds. The van der Waals surface area contributed by atoms with E-state index in [0.29, 0.717) is 37.6 Å². The number of aryl methyl sites for hydroxylation is 1. The van der Waals surface area contributed by atoms with E-state index in [1.807, 2.05) is 19.1 Å². The van der Waals surface area contributed by atoms with Crippen molar-refractivity contribution in [3.63, 3.8) is 0 Å². The van der Waals surface area contributed by atoms with Crippen LogP contribution in [0.25, 0.3) is 0 Å². The van der Waals surface area contributed by atoms with E-state index in [1.165, 1.54) is 16.4 Å². The predicted molar refractivity (Wildman–Crippen MR) is 110 cm³/mol. The van der Waals surface area contributed by atoms with E-state index in [1.54, 1.807) is 18.2 Å². The summed E-state index contributed by atoms with van der Waals surface area (Å²) < 4.78 is 43.5. The first-order valence-electron chi connectivity index (χ1n) is 9.08. The summed E-state index contributed by atoms with van der Waals surface area (Å²) in [6, 6.07) is 11.9. The molecule has 2 aromatic rings. The Kier molecular flexibility index (Phi) is 7.28. The van der Waals surface area contributed by atoms with Crippen LogP contribution in [0.3, 0.4) is 0 Å². The standard InChI is InChI=1S/C20H22BrNO6S/c1-15-5-6-19(18(21)11-15)27-14-20(23)28-13-16-3-2-4-17(12-16)29(24,25)22-7-9-26-10-8-22/h2-6,11-12H,7-10,13-14H2,1H3. The molecule has 1 aliphatic heterocycles. The molecule has 156 valence electrons. The second-order valence-corrected chi connectivity index (χ2v) is 9.34. The van der Waals surface area contributed by atoms with Crippen LogP contribution >= 0.6 is 15.9 Å². The molecule has 0 aromatic heterocycles. The zero-order chi connectivity index (χ0) is 20.9. The van der Waals surface area contributed by atoms with E-state index < -0.39 is 16.0 Å². The van der Waals surface area contributed by atoms with E-state index >= 15 is 0 Å². The zero-order valence-electron chi connectivity index (χ0n) is 16.0. The highest BCUT2D eigenvalue weighted by atomic mass is 79.9. The molecule has 9 heteroatoms. The van der Waals surface area contributed by atoms with Crippen LogP contribution in [-0.4, -0.2) is 51.6 Å². The van der Waals surface area contributed by atoms with Gasteiger partial charge in [0.2, 0.25) is 10.0 Å². The van der Waals surface area contributed by atoms with Gasteiger partial charge < -0.3 is 14.2 Å². The molecule has 0 unspecified atom stereocenters. The normalized spacial score (nSPS) is 15.1. The summed E-state index contributed by atoms with van der Waals surface area (Å²) in [5.41, 5.74) is 1.66. The minimum atomic E-state index is -3.59. The first-order valence-corrected chi connectivity index (χ1v) is 11.3. The fourth-order valence-electron chi connectivity index (χ4n) is 2.80. The van der Waals surface area contributed by atoms with Crippen LogP contribution in [0.15, 0.2) is 51.8 Å². The predicted octanol–water partition coefficient (Wildman–Crippen LogP) is 2.90. The van der Waals surface area contributed by atoms with Crippen molar-refractivity contribution in [1.82, 2.24) is 4.31 Å². The molecule has 0 spiro atoms. The Hall–Kier alpha value is -1.94. The van der Waals surface area contributed by atoms with Crippen molar-refractivity contribution in [2.24, 2.45) is 0 Å². The Labute approximate surface area is 178 Å². The Morgan fingerprint density at radius 3 is 2.66 bits per heavy atom. The number of morpholine rings is 1. The van der Waals surface area contributed by atoms with Gasteiger partial charge in [-0.25, -0.2) is 13.2 Å². The number of benzene rings is 2. The SMILES string of the molecule is Cc1ccc(OCC(=O)OCc2cccc(S(=O)(=O)N3CCOCC3)c2)c(Br)c1. The van der Waals surface area contributed by atoms with Crippen LogP contribution in [-0.2, 0) is 30.9 Å². The van der Waals surface area contributed by atoms with Gasteiger partial charge >= 0.3 is 5.97 Å². The molecule has 0 aliphatic carbocycles. The molecule has 29 heavy (non-hydrogen) atoms. The Morgan fingerprint density at radius 1 is 1.17 bits per heavy atom. The number of ether oxygens (including phenoxy) is 3. The molecule has 0 saturated carbocycles. The fourth-order valence-corrected chi connectivity index (χ4v) is 4.88. The van der Waals surface area contributed by atoms with Crippen LogP contribution in [0.1, 0.15) is 11.1 Å². The van der Waals surface area contributed by atoms with E-state index in [-0.39, 0.29) is 18.1 Å². The number of rotatable bonds is 7. The maximum absolute atomic E-state index is 12.7. The van der Waals surface area contributed by atoms with Gasteiger partial charge in [0.05, 0.1) is 22.6 Å². The number of hydrogen-bond acceptors (Lipinski definition) is 6. The maximum atomic E-state index is 12.7. The van der Waals surface area contributed by atoms with Gasteiger partial charge in [0, 0.05) is 13.1 Å². The van der Waals surface area contributed by atoms with Gasteiger partial charge in [-0.05, 0) is 58.2 Å². The van der Waals surface area contributed by atoms with Crippen LogP contribution in [0, 0.1) is 6.92 Å². The first-order chi connectivity index (χ1) is 13.9. The zero-order valence-corrected chi connectivity index (χ0v) is 18.4. The van der Waals surface area contributed by atoms with Crippen molar-refractivity contribution in [1.29, 1.82) is 0 Å². The molecular weight excluding hydrogens is 462 g/mol. The number of halogens is 1. The highest BCUT2D eigenvalue weighted by molar-refractivity contribution is 9.10. The number of hydrogen-bond donors (Lipinski definition) is 0. The molecule has 0 bridgehead atoms. The molecule has 1 saturated heterocycles. The summed E-state index contributed by atoms with van der Waals surface area (Å²) in [5.74, 6) is 0.00469. The highest BCUT2D eigenvalue weighted by Crippen LogP contribution is 2.25. The third-order valence-corrected chi connectivity index (χ3v) is 6.85. The average molecular weight is 484 g/mol. The van der Waals surface area contributed by atoms with Crippen LogP contribution in [0.5, 0.6) is 5.75 Å². The Balaban J connectivity index is 1.56.